The molecular weight excluding hydrogens is 424 g/mol. The van der Waals surface area contributed by atoms with Crippen molar-refractivity contribution in [3.8, 4) is 0 Å². The average Bonchev–Trinajstić information content (AvgIpc) is 2.72. The van der Waals surface area contributed by atoms with Gasteiger partial charge >= 0.3 is 11.9 Å². The molecule has 0 heterocycles. The Bertz CT molecular complexity index is 930. The zero-order valence-corrected chi connectivity index (χ0v) is 22.3. The minimum absolute atomic E-state index is 0.123. The summed E-state index contributed by atoms with van der Waals surface area (Å²) in [5, 5.41) is 20.6. The van der Waals surface area contributed by atoms with Crippen molar-refractivity contribution in [2.24, 2.45) is 44.8 Å². The summed E-state index contributed by atoms with van der Waals surface area (Å²) in [7, 11) is 0. The molecule has 4 rings (SSSR count). The lowest BCUT2D eigenvalue weighted by Crippen LogP contribution is -2.64. The second-order valence-electron chi connectivity index (χ2n) is 14.0. The number of aliphatic carboxylic acids is 2. The molecule has 4 heteroatoms. The first-order chi connectivity index (χ1) is 15.6. The van der Waals surface area contributed by atoms with Crippen LogP contribution in [0.25, 0.3) is 0 Å². The zero-order valence-electron chi connectivity index (χ0n) is 22.3. The molecule has 0 aromatic carbocycles. The van der Waals surface area contributed by atoms with Crippen LogP contribution in [0.1, 0.15) is 106 Å². The molecular formula is C30H46O4. The summed E-state index contributed by atoms with van der Waals surface area (Å²) < 4.78 is 0. The van der Waals surface area contributed by atoms with Gasteiger partial charge in [-0.3, -0.25) is 9.59 Å². The topological polar surface area (TPSA) is 74.6 Å². The first-order valence-corrected chi connectivity index (χ1v) is 13.4. The van der Waals surface area contributed by atoms with E-state index in [0.29, 0.717) is 18.8 Å². The Labute approximate surface area is 206 Å². The van der Waals surface area contributed by atoms with E-state index in [0.717, 1.165) is 37.7 Å². The molecule has 3 fully saturated rings. The largest absolute Gasteiger partial charge is 0.481 e. The van der Waals surface area contributed by atoms with Crippen LogP contribution in [0.4, 0.5) is 0 Å². The molecule has 4 aliphatic rings. The summed E-state index contributed by atoms with van der Waals surface area (Å²) in [5.74, 6) is -0.732. The normalized spacial score (nSPS) is 45.2. The number of carboxylic acids is 2. The third kappa shape index (κ3) is 3.45. The maximum atomic E-state index is 13.5. The van der Waals surface area contributed by atoms with E-state index in [-0.39, 0.29) is 39.9 Å². The Morgan fingerprint density at radius 2 is 1.68 bits per heavy atom. The summed E-state index contributed by atoms with van der Waals surface area (Å²) >= 11 is 0. The SMILES string of the molecule is C=C(C)[C@@H]1CC[C@]2(C)[C@H](CC=C3[C@@H]4CC(C)(C)CC[C@]4(C)CC[C@]32C(=O)O)[C@@]1(C)CCC(=O)O. The summed E-state index contributed by atoms with van der Waals surface area (Å²) in [4.78, 5) is 25.1. The van der Waals surface area contributed by atoms with Crippen LogP contribution >= 0.6 is 0 Å². The Balaban J connectivity index is 1.87. The standard InChI is InChI=1S/C30H46O4/c1-19(2)20-10-13-29(7)23(28(20,6)12-11-24(31)32)9-8-21-22-18-26(3,4)14-15-27(22,5)16-17-30(21,29)25(33)34/h8,20,22-23H,1,9-18H2,2-7H3,(H,31,32)(H,33,34)/t20-,22-,23+,27+,28-,29+,30+/m0/s1. The lowest BCUT2D eigenvalue weighted by molar-refractivity contribution is -0.185. The number of carbonyl (C=O) groups is 2. The Morgan fingerprint density at radius 3 is 2.26 bits per heavy atom. The maximum absolute atomic E-state index is 13.5. The lowest BCUT2D eigenvalue weighted by atomic mass is 9.35. The van der Waals surface area contributed by atoms with E-state index in [1.165, 1.54) is 18.4 Å². The quantitative estimate of drug-likeness (QED) is 0.408. The van der Waals surface area contributed by atoms with Crippen LogP contribution in [0.3, 0.4) is 0 Å². The highest BCUT2D eigenvalue weighted by atomic mass is 16.4. The summed E-state index contributed by atoms with van der Waals surface area (Å²) in [6, 6.07) is 0. The predicted octanol–water partition coefficient (Wildman–Crippen LogP) is 7.49. The van der Waals surface area contributed by atoms with Crippen LogP contribution in [0, 0.1) is 44.8 Å². The number of carboxylic acid groups (broad SMARTS) is 2. The number of fused-ring (bicyclic) bond motifs is 5. The van der Waals surface area contributed by atoms with Crippen LogP contribution in [0.15, 0.2) is 23.8 Å². The van der Waals surface area contributed by atoms with Crippen molar-refractivity contribution in [3.05, 3.63) is 23.8 Å². The molecule has 0 amide bonds. The maximum Gasteiger partial charge on any atom is 0.314 e. The van der Waals surface area contributed by atoms with Gasteiger partial charge in [0.2, 0.25) is 0 Å². The van der Waals surface area contributed by atoms with E-state index in [2.05, 4.69) is 54.2 Å². The van der Waals surface area contributed by atoms with Crippen molar-refractivity contribution in [2.75, 3.05) is 0 Å². The molecule has 190 valence electrons. The molecule has 0 aliphatic heterocycles. The summed E-state index contributed by atoms with van der Waals surface area (Å²) in [6.07, 6.45) is 10.8. The van der Waals surface area contributed by atoms with Gasteiger partial charge in [-0.1, -0.05) is 58.4 Å². The third-order valence-electron chi connectivity index (χ3n) is 11.6. The highest BCUT2D eigenvalue weighted by Crippen LogP contribution is 2.74. The fraction of sp³-hybridized carbons (Fsp3) is 0.800. The van der Waals surface area contributed by atoms with Gasteiger partial charge in [-0.15, -0.1) is 0 Å². The monoisotopic (exact) mass is 470 g/mol. The second kappa shape index (κ2) is 7.96. The molecule has 34 heavy (non-hydrogen) atoms. The smallest absolute Gasteiger partial charge is 0.314 e. The highest BCUT2D eigenvalue weighted by Gasteiger charge is 2.70. The number of allylic oxidation sites excluding steroid dienone is 2. The molecule has 0 spiro atoms. The van der Waals surface area contributed by atoms with E-state index in [1.54, 1.807) is 0 Å². The summed E-state index contributed by atoms with van der Waals surface area (Å²) in [6.45, 7) is 18.0. The van der Waals surface area contributed by atoms with Gasteiger partial charge in [-0.05, 0) is 104 Å². The zero-order chi connectivity index (χ0) is 25.3. The number of hydrogen-bond donors (Lipinski definition) is 2. The van der Waals surface area contributed by atoms with Crippen molar-refractivity contribution < 1.29 is 19.8 Å². The van der Waals surface area contributed by atoms with E-state index in [1.807, 2.05) is 0 Å². The van der Waals surface area contributed by atoms with Crippen LogP contribution < -0.4 is 0 Å². The number of rotatable bonds is 5. The predicted molar refractivity (Wildman–Crippen MR) is 135 cm³/mol. The van der Waals surface area contributed by atoms with Crippen molar-refractivity contribution >= 4 is 11.9 Å². The van der Waals surface area contributed by atoms with Crippen molar-refractivity contribution in [1.29, 1.82) is 0 Å². The summed E-state index contributed by atoms with van der Waals surface area (Å²) in [5.41, 5.74) is 1.24. The minimum Gasteiger partial charge on any atom is -0.481 e. The van der Waals surface area contributed by atoms with Gasteiger partial charge in [0, 0.05) is 6.42 Å². The molecule has 0 aromatic heterocycles. The first-order valence-electron chi connectivity index (χ1n) is 13.4. The molecule has 4 nitrogen and oxygen atoms in total. The van der Waals surface area contributed by atoms with Crippen molar-refractivity contribution in [3.63, 3.8) is 0 Å². The van der Waals surface area contributed by atoms with Gasteiger partial charge < -0.3 is 10.2 Å². The fourth-order valence-electron chi connectivity index (χ4n) is 9.54. The average molecular weight is 471 g/mol. The first kappa shape index (κ1) is 25.5. The van der Waals surface area contributed by atoms with Gasteiger partial charge in [-0.25, -0.2) is 0 Å². The van der Waals surface area contributed by atoms with Crippen molar-refractivity contribution in [1.82, 2.24) is 0 Å². The van der Waals surface area contributed by atoms with E-state index in [4.69, 9.17) is 0 Å². The van der Waals surface area contributed by atoms with Crippen LogP contribution in [0.2, 0.25) is 0 Å². The van der Waals surface area contributed by atoms with Crippen LogP contribution in [-0.4, -0.2) is 22.2 Å². The molecule has 7 atom stereocenters. The van der Waals surface area contributed by atoms with Gasteiger partial charge in [0.1, 0.15) is 0 Å². The van der Waals surface area contributed by atoms with E-state index in [9.17, 15) is 19.8 Å². The Hall–Kier alpha value is -1.58. The van der Waals surface area contributed by atoms with Gasteiger partial charge in [-0.2, -0.15) is 0 Å². The number of hydrogen-bond acceptors (Lipinski definition) is 2. The Kier molecular flexibility index (Phi) is 5.98. The molecule has 2 N–H and O–H groups in total. The van der Waals surface area contributed by atoms with Crippen molar-refractivity contribution in [2.45, 2.75) is 106 Å². The fourth-order valence-corrected chi connectivity index (χ4v) is 9.54. The molecule has 0 unspecified atom stereocenters. The molecule has 0 aromatic rings. The van der Waals surface area contributed by atoms with Gasteiger partial charge in [0.05, 0.1) is 5.41 Å². The van der Waals surface area contributed by atoms with Gasteiger partial charge in [0.25, 0.3) is 0 Å². The Morgan fingerprint density at radius 1 is 1.03 bits per heavy atom. The third-order valence-corrected chi connectivity index (χ3v) is 11.6. The highest BCUT2D eigenvalue weighted by molar-refractivity contribution is 5.81. The van der Waals surface area contributed by atoms with Gasteiger partial charge in [0.15, 0.2) is 0 Å². The van der Waals surface area contributed by atoms with E-state index < -0.39 is 17.4 Å². The molecule has 0 saturated heterocycles. The molecule has 4 aliphatic carbocycles. The molecule has 0 radical (unpaired) electrons. The lowest BCUT2D eigenvalue weighted by Gasteiger charge is -2.68. The van der Waals surface area contributed by atoms with E-state index >= 15 is 0 Å². The van der Waals surface area contributed by atoms with Crippen LogP contribution in [-0.2, 0) is 9.59 Å². The minimum atomic E-state index is -0.849. The van der Waals surface area contributed by atoms with Crippen LogP contribution in [0.5, 0.6) is 0 Å². The second-order valence-corrected chi connectivity index (χ2v) is 14.0. The molecule has 0 bridgehead atoms. The molecule has 3 saturated carbocycles.